The average molecular weight is 283 g/mol. The summed E-state index contributed by atoms with van der Waals surface area (Å²) in [7, 11) is 0. The molecule has 2 aromatic rings. The molecule has 0 bridgehead atoms. The van der Waals surface area contributed by atoms with Gasteiger partial charge in [-0.05, 0) is 30.4 Å². The van der Waals surface area contributed by atoms with Crippen LogP contribution in [-0.4, -0.2) is 9.78 Å². The Balaban J connectivity index is 1.79. The van der Waals surface area contributed by atoms with Crippen LogP contribution in [0, 0.1) is 11.8 Å². The molecule has 3 unspecified atom stereocenters. The summed E-state index contributed by atoms with van der Waals surface area (Å²) in [4.78, 5) is 0. The van der Waals surface area contributed by atoms with Gasteiger partial charge in [0.1, 0.15) is 0 Å². The Kier molecular flexibility index (Phi) is 4.39. The molecular weight excluding hydrogens is 258 g/mol. The minimum Gasteiger partial charge on any atom is -0.324 e. The van der Waals surface area contributed by atoms with Gasteiger partial charge in [-0.3, -0.25) is 0 Å². The van der Waals surface area contributed by atoms with Crippen LogP contribution >= 0.6 is 0 Å². The topological polar surface area (TPSA) is 43.8 Å². The highest BCUT2D eigenvalue weighted by atomic mass is 15.3. The van der Waals surface area contributed by atoms with Gasteiger partial charge in [0.2, 0.25) is 0 Å². The molecule has 3 heteroatoms. The van der Waals surface area contributed by atoms with Crippen molar-refractivity contribution in [3.05, 3.63) is 48.3 Å². The standard InChI is InChI=1S/C18H25N3/c1-2-14-8-6-7-11-17(14)18(19)15-12-20-21(13-15)16-9-4-3-5-10-16/h3-5,9-10,12-14,17-18H,2,6-8,11,19H2,1H3. The first-order valence-electron chi connectivity index (χ1n) is 8.15. The van der Waals surface area contributed by atoms with Gasteiger partial charge in [-0.1, -0.05) is 50.8 Å². The van der Waals surface area contributed by atoms with Gasteiger partial charge in [0.05, 0.1) is 11.9 Å². The molecular formula is C18H25N3. The predicted octanol–water partition coefficient (Wildman–Crippen LogP) is 4.09. The second kappa shape index (κ2) is 6.44. The van der Waals surface area contributed by atoms with Crippen LogP contribution in [0.1, 0.15) is 50.6 Å². The van der Waals surface area contributed by atoms with Crippen LogP contribution in [0.3, 0.4) is 0 Å². The average Bonchev–Trinajstić information content (AvgIpc) is 3.05. The highest BCUT2D eigenvalue weighted by Gasteiger charge is 2.30. The number of rotatable bonds is 4. The van der Waals surface area contributed by atoms with E-state index < -0.39 is 0 Å². The molecule has 1 aromatic carbocycles. The fourth-order valence-corrected chi connectivity index (χ4v) is 3.69. The molecule has 1 aromatic heterocycles. The zero-order valence-corrected chi connectivity index (χ0v) is 12.8. The summed E-state index contributed by atoms with van der Waals surface area (Å²) in [6, 6.07) is 10.3. The Hall–Kier alpha value is -1.61. The monoisotopic (exact) mass is 283 g/mol. The number of para-hydroxylation sites is 1. The van der Waals surface area contributed by atoms with Crippen molar-refractivity contribution in [1.29, 1.82) is 0 Å². The van der Waals surface area contributed by atoms with Crippen molar-refractivity contribution in [2.75, 3.05) is 0 Å². The van der Waals surface area contributed by atoms with Crippen LogP contribution in [0.25, 0.3) is 5.69 Å². The number of hydrogen-bond donors (Lipinski definition) is 1. The molecule has 1 fully saturated rings. The maximum atomic E-state index is 6.57. The van der Waals surface area contributed by atoms with Gasteiger partial charge in [0, 0.05) is 17.8 Å². The molecule has 3 atom stereocenters. The van der Waals surface area contributed by atoms with Crippen LogP contribution in [0.2, 0.25) is 0 Å². The van der Waals surface area contributed by atoms with Gasteiger partial charge >= 0.3 is 0 Å². The van der Waals surface area contributed by atoms with Gasteiger partial charge in [-0.2, -0.15) is 5.10 Å². The quantitative estimate of drug-likeness (QED) is 0.918. The third-order valence-corrected chi connectivity index (χ3v) is 4.96. The lowest BCUT2D eigenvalue weighted by molar-refractivity contribution is 0.196. The summed E-state index contributed by atoms with van der Waals surface area (Å²) in [6.07, 6.45) is 10.6. The van der Waals surface area contributed by atoms with Gasteiger partial charge < -0.3 is 5.73 Å². The van der Waals surface area contributed by atoms with Gasteiger partial charge in [0.25, 0.3) is 0 Å². The molecule has 1 aliphatic rings. The van der Waals surface area contributed by atoms with E-state index in [-0.39, 0.29) is 6.04 Å². The summed E-state index contributed by atoms with van der Waals surface area (Å²) in [6.45, 7) is 2.29. The van der Waals surface area contributed by atoms with Crippen LogP contribution in [0.15, 0.2) is 42.7 Å². The van der Waals surface area contributed by atoms with Crippen molar-refractivity contribution in [1.82, 2.24) is 9.78 Å². The minimum absolute atomic E-state index is 0.118. The highest BCUT2D eigenvalue weighted by Crippen LogP contribution is 2.39. The number of hydrogen-bond acceptors (Lipinski definition) is 2. The third kappa shape index (κ3) is 3.03. The predicted molar refractivity (Wildman–Crippen MR) is 86.2 cm³/mol. The van der Waals surface area contributed by atoms with Crippen molar-refractivity contribution >= 4 is 0 Å². The smallest absolute Gasteiger partial charge is 0.0645 e. The number of nitrogens with two attached hydrogens (primary N) is 1. The number of nitrogens with zero attached hydrogens (tertiary/aromatic N) is 2. The van der Waals surface area contributed by atoms with E-state index in [9.17, 15) is 0 Å². The van der Waals surface area contributed by atoms with Gasteiger partial charge in [-0.15, -0.1) is 0 Å². The molecule has 3 nitrogen and oxygen atoms in total. The molecule has 1 aliphatic carbocycles. The Labute approximate surface area is 127 Å². The van der Waals surface area contributed by atoms with Crippen LogP contribution in [0.5, 0.6) is 0 Å². The number of aromatic nitrogens is 2. The molecule has 2 N–H and O–H groups in total. The van der Waals surface area contributed by atoms with E-state index >= 15 is 0 Å². The normalized spacial score (nSPS) is 23.9. The second-order valence-electron chi connectivity index (χ2n) is 6.20. The first kappa shape index (κ1) is 14.3. The van der Waals surface area contributed by atoms with Crippen molar-refractivity contribution in [2.45, 2.75) is 45.1 Å². The van der Waals surface area contributed by atoms with E-state index in [1.54, 1.807) is 0 Å². The Morgan fingerprint density at radius 2 is 2.00 bits per heavy atom. The fraction of sp³-hybridized carbons (Fsp3) is 0.500. The van der Waals surface area contributed by atoms with Gasteiger partial charge in [0.15, 0.2) is 0 Å². The maximum Gasteiger partial charge on any atom is 0.0645 e. The summed E-state index contributed by atoms with van der Waals surface area (Å²) in [5, 5.41) is 4.49. The minimum atomic E-state index is 0.118. The molecule has 3 rings (SSSR count). The molecule has 0 radical (unpaired) electrons. The molecule has 21 heavy (non-hydrogen) atoms. The lowest BCUT2D eigenvalue weighted by atomic mass is 9.73. The summed E-state index contributed by atoms with van der Waals surface area (Å²) in [5.41, 5.74) is 8.83. The van der Waals surface area contributed by atoms with Crippen molar-refractivity contribution in [2.24, 2.45) is 17.6 Å². The first-order chi connectivity index (χ1) is 10.3. The van der Waals surface area contributed by atoms with E-state index in [1.807, 2.05) is 29.1 Å². The Morgan fingerprint density at radius 1 is 1.24 bits per heavy atom. The Morgan fingerprint density at radius 3 is 2.76 bits per heavy atom. The second-order valence-corrected chi connectivity index (χ2v) is 6.20. The zero-order valence-electron chi connectivity index (χ0n) is 12.8. The van der Waals surface area contributed by atoms with E-state index in [2.05, 4.69) is 30.4 Å². The fourth-order valence-electron chi connectivity index (χ4n) is 3.69. The first-order valence-corrected chi connectivity index (χ1v) is 8.15. The van der Waals surface area contributed by atoms with Crippen LogP contribution in [0.4, 0.5) is 0 Å². The third-order valence-electron chi connectivity index (χ3n) is 4.96. The lowest BCUT2D eigenvalue weighted by Crippen LogP contribution is -2.30. The number of benzene rings is 1. The van der Waals surface area contributed by atoms with Crippen molar-refractivity contribution in [3.63, 3.8) is 0 Å². The molecule has 0 aliphatic heterocycles. The van der Waals surface area contributed by atoms with E-state index in [1.165, 1.54) is 37.7 Å². The van der Waals surface area contributed by atoms with E-state index in [4.69, 9.17) is 5.73 Å². The highest BCUT2D eigenvalue weighted by molar-refractivity contribution is 5.31. The van der Waals surface area contributed by atoms with Crippen LogP contribution < -0.4 is 5.73 Å². The SMILES string of the molecule is CCC1CCCCC1C(N)c1cnn(-c2ccccc2)c1. The van der Waals surface area contributed by atoms with Crippen LogP contribution in [-0.2, 0) is 0 Å². The molecule has 1 heterocycles. The summed E-state index contributed by atoms with van der Waals surface area (Å²) in [5.74, 6) is 1.38. The zero-order chi connectivity index (χ0) is 14.7. The molecule has 112 valence electrons. The van der Waals surface area contributed by atoms with Crippen molar-refractivity contribution in [3.8, 4) is 5.69 Å². The summed E-state index contributed by atoms with van der Waals surface area (Å²) >= 11 is 0. The molecule has 0 saturated heterocycles. The largest absolute Gasteiger partial charge is 0.324 e. The lowest BCUT2D eigenvalue weighted by Gasteiger charge is -2.34. The summed E-state index contributed by atoms with van der Waals surface area (Å²) < 4.78 is 1.93. The molecule has 1 saturated carbocycles. The maximum absolute atomic E-state index is 6.57. The van der Waals surface area contributed by atoms with Gasteiger partial charge in [-0.25, -0.2) is 4.68 Å². The van der Waals surface area contributed by atoms with E-state index in [0.29, 0.717) is 5.92 Å². The van der Waals surface area contributed by atoms with Crippen molar-refractivity contribution < 1.29 is 0 Å². The van der Waals surface area contributed by atoms with E-state index in [0.717, 1.165) is 11.6 Å². The molecule has 0 amide bonds. The molecule has 0 spiro atoms. The Bertz CT molecular complexity index is 561.